The average Bonchev–Trinajstić information content (AvgIpc) is 3.04. The minimum absolute atomic E-state index is 0.0490. The van der Waals surface area contributed by atoms with Crippen molar-refractivity contribution in [2.45, 2.75) is 65.0 Å². The fourth-order valence-electron chi connectivity index (χ4n) is 4.36. The number of aromatic nitrogens is 2. The van der Waals surface area contributed by atoms with Gasteiger partial charge in [-0.05, 0) is 53.4 Å². The molecule has 2 aliphatic rings. The molecule has 3 rings (SSSR count). The topological polar surface area (TPSA) is 58.4 Å². The van der Waals surface area contributed by atoms with E-state index >= 15 is 0 Å². The number of likely N-dealkylation sites (tertiary alicyclic amines) is 2. The fourth-order valence-corrected chi connectivity index (χ4v) is 4.36. The van der Waals surface area contributed by atoms with Gasteiger partial charge in [0.05, 0.1) is 5.69 Å². The van der Waals surface area contributed by atoms with Crippen molar-refractivity contribution in [3.05, 3.63) is 17.0 Å². The van der Waals surface area contributed by atoms with Gasteiger partial charge in [-0.2, -0.15) is 5.10 Å². The molecule has 1 atom stereocenters. The lowest BCUT2D eigenvalue weighted by atomic mass is 9.84. The molecule has 1 unspecified atom stereocenters. The van der Waals surface area contributed by atoms with Gasteiger partial charge in [-0.3, -0.25) is 14.3 Å². The predicted octanol–water partition coefficient (Wildman–Crippen LogP) is 2.04. The van der Waals surface area contributed by atoms with Crippen LogP contribution in [0.3, 0.4) is 0 Å². The van der Waals surface area contributed by atoms with Gasteiger partial charge in [0.2, 0.25) is 5.91 Å². The van der Waals surface area contributed by atoms with Crippen LogP contribution in [0.5, 0.6) is 0 Å². The summed E-state index contributed by atoms with van der Waals surface area (Å²) < 4.78 is 1.66. The van der Waals surface area contributed by atoms with Crippen molar-refractivity contribution in [1.82, 2.24) is 19.6 Å². The summed E-state index contributed by atoms with van der Waals surface area (Å²) in [5.74, 6) is 0.0817. The molecule has 0 bridgehead atoms. The van der Waals surface area contributed by atoms with Gasteiger partial charge < -0.3 is 9.80 Å². The minimum Gasteiger partial charge on any atom is -0.338 e. The van der Waals surface area contributed by atoms with Crippen molar-refractivity contribution in [3.8, 4) is 0 Å². The van der Waals surface area contributed by atoms with Gasteiger partial charge >= 0.3 is 0 Å². The van der Waals surface area contributed by atoms with Gasteiger partial charge in [-0.1, -0.05) is 0 Å². The molecule has 0 saturated carbocycles. The van der Waals surface area contributed by atoms with Crippen LogP contribution >= 0.6 is 0 Å². The van der Waals surface area contributed by atoms with Crippen LogP contribution in [0.25, 0.3) is 0 Å². The predicted molar refractivity (Wildman–Crippen MR) is 91.8 cm³/mol. The van der Waals surface area contributed by atoms with Crippen molar-refractivity contribution < 1.29 is 9.59 Å². The molecular weight excluding hydrogens is 304 g/mol. The maximum Gasteiger partial charge on any atom is 0.273 e. The summed E-state index contributed by atoms with van der Waals surface area (Å²) in [5.41, 5.74) is 1.74. The van der Waals surface area contributed by atoms with E-state index < -0.39 is 5.54 Å². The van der Waals surface area contributed by atoms with Crippen LogP contribution in [0.15, 0.2) is 0 Å². The van der Waals surface area contributed by atoms with Crippen molar-refractivity contribution in [3.63, 3.8) is 0 Å². The maximum absolute atomic E-state index is 13.3. The molecule has 0 aromatic carbocycles. The molecule has 1 aromatic heterocycles. The number of piperidine rings is 1. The lowest BCUT2D eigenvalue weighted by molar-refractivity contribution is -0.147. The summed E-state index contributed by atoms with van der Waals surface area (Å²) in [6.07, 6.45) is 3.39. The molecule has 1 aromatic rings. The Balaban J connectivity index is 1.98. The molecule has 6 heteroatoms. The third-order valence-corrected chi connectivity index (χ3v) is 5.73. The highest BCUT2D eigenvalue weighted by Crippen LogP contribution is 2.40. The Morgan fingerprint density at radius 3 is 2.33 bits per heavy atom. The summed E-state index contributed by atoms with van der Waals surface area (Å²) in [6.45, 7) is 9.39. The average molecular weight is 332 g/mol. The number of rotatable bonds is 2. The van der Waals surface area contributed by atoms with Crippen molar-refractivity contribution in [1.29, 1.82) is 0 Å². The Labute approximate surface area is 143 Å². The molecule has 2 saturated heterocycles. The number of hydrogen-bond donors (Lipinski definition) is 0. The van der Waals surface area contributed by atoms with E-state index in [9.17, 15) is 9.59 Å². The summed E-state index contributed by atoms with van der Waals surface area (Å²) in [4.78, 5) is 30.3. The molecule has 6 nitrogen and oxygen atoms in total. The van der Waals surface area contributed by atoms with Gasteiger partial charge in [-0.25, -0.2) is 0 Å². The Morgan fingerprint density at radius 1 is 1.17 bits per heavy atom. The van der Waals surface area contributed by atoms with Crippen LogP contribution < -0.4 is 0 Å². The van der Waals surface area contributed by atoms with Crippen molar-refractivity contribution >= 4 is 11.8 Å². The van der Waals surface area contributed by atoms with E-state index in [1.54, 1.807) is 11.7 Å². The highest BCUT2D eigenvalue weighted by Gasteiger charge is 2.53. The van der Waals surface area contributed by atoms with Crippen LogP contribution in [-0.2, 0) is 11.8 Å². The Bertz CT molecular complexity index is 679. The summed E-state index contributed by atoms with van der Waals surface area (Å²) in [7, 11) is 1.80. The van der Waals surface area contributed by atoms with E-state index in [0.717, 1.165) is 43.5 Å². The van der Waals surface area contributed by atoms with Gasteiger partial charge in [0.15, 0.2) is 0 Å². The van der Waals surface area contributed by atoms with Crippen molar-refractivity contribution in [2.75, 3.05) is 13.1 Å². The number of carbonyl (C=O) groups excluding carboxylic acids is 2. The summed E-state index contributed by atoms with van der Waals surface area (Å²) in [6, 6.07) is 0.174. The zero-order valence-electron chi connectivity index (χ0n) is 15.4. The van der Waals surface area contributed by atoms with Gasteiger partial charge in [0.1, 0.15) is 11.2 Å². The first-order valence-corrected chi connectivity index (χ1v) is 8.93. The third kappa shape index (κ3) is 2.34. The SMILES string of the molecule is Cc1nn(C)c(C(=O)N2CCCC23CCCN(C(C)C)C3=O)c1C. The molecule has 2 amide bonds. The van der Waals surface area contributed by atoms with E-state index in [2.05, 4.69) is 5.10 Å². The van der Waals surface area contributed by atoms with E-state index in [0.29, 0.717) is 12.2 Å². The lowest BCUT2D eigenvalue weighted by Gasteiger charge is -2.46. The van der Waals surface area contributed by atoms with Crippen LogP contribution in [0.4, 0.5) is 0 Å². The normalized spacial score (nSPS) is 24.5. The number of amides is 2. The molecule has 3 heterocycles. The Hall–Kier alpha value is -1.85. The molecule has 132 valence electrons. The molecule has 0 N–H and O–H groups in total. The number of hydrogen-bond acceptors (Lipinski definition) is 3. The monoisotopic (exact) mass is 332 g/mol. The summed E-state index contributed by atoms with van der Waals surface area (Å²) >= 11 is 0. The van der Waals surface area contributed by atoms with Crippen LogP contribution in [0.2, 0.25) is 0 Å². The largest absolute Gasteiger partial charge is 0.338 e. The van der Waals surface area contributed by atoms with Crippen molar-refractivity contribution in [2.24, 2.45) is 7.05 Å². The molecule has 0 aliphatic carbocycles. The van der Waals surface area contributed by atoms with Crippen LogP contribution in [0, 0.1) is 13.8 Å². The first-order valence-electron chi connectivity index (χ1n) is 8.93. The zero-order chi connectivity index (χ0) is 17.6. The molecule has 1 spiro atoms. The molecular formula is C18H28N4O2. The Morgan fingerprint density at radius 2 is 1.79 bits per heavy atom. The van der Waals surface area contributed by atoms with E-state index in [4.69, 9.17) is 0 Å². The molecule has 2 aliphatic heterocycles. The third-order valence-electron chi connectivity index (χ3n) is 5.73. The number of aryl methyl sites for hydroxylation is 2. The van der Waals surface area contributed by atoms with E-state index in [1.807, 2.05) is 37.5 Å². The highest BCUT2D eigenvalue weighted by atomic mass is 16.2. The van der Waals surface area contributed by atoms with E-state index in [1.165, 1.54) is 0 Å². The first-order chi connectivity index (χ1) is 11.3. The maximum atomic E-state index is 13.3. The number of nitrogens with zero attached hydrogens (tertiary/aromatic N) is 4. The summed E-state index contributed by atoms with van der Waals surface area (Å²) in [5, 5.41) is 4.37. The zero-order valence-corrected chi connectivity index (χ0v) is 15.4. The second-order valence-electron chi connectivity index (χ2n) is 7.47. The first kappa shape index (κ1) is 17.0. The van der Waals surface area contributed by atoms with Crippen LogP contribution in [0.1, 0.15) is 61.3 Å². The minimum atomic E-state index is -0.649. The standard InChI is InChI=1S/C18H28N4O2/c1-12(2)21-10-6-8-18(17(21)24)9-7-11-22(18)16(23)15-13(3)14(4)19-20(15)5/h12H,6-11H2,1-5H3. The molecule has 0 radical (unpaired) electrons. The highest BCUT2D eigenvalue weighted by molar-refractivity contribution is 6.00. The van der Waals surface area contributed by atoms with Gasteiger partial charge in [0.25, 0.3) is 5.91 Å². The molecule has 2 fully saturated rings. The molecule has 24 heavy (non-hydrogen) atoms. The van der Waals surface area contributed by atoms with E-state index in [-0.39, 0.29) is 17.9 Å². The van der Waals surface area contributed by atoms with Crippen LogP contribution in [-0.4, -0.2) is 56.1 Å². The number of carbonyl (C=O) groups is 2. The fraction of sp³-hybridized carbons (Fsp3) is 0.722. The smallest absolute Gasteiger partial charge is 0.273 e. The van der Waals surface area contributed by atoms with Gasteiger partial charge in [-0.15, -0.1) is 0 Å². The second kappa shape index (κ2) is 5.90. The van der Waals surface area contributed by atoms with Gasteiger partial charge in [0, 0.05) is 31.7 Å². The Kier molecular flexibility index (Phi) is 4.18. The quantitative estimate of drug-likeness (QED) is 0.833. The lowest BCUT2D eigenvalue weighted by Crippen LogP contribution is -2.62. The second-order valence-corrected chi connectivity index (χ2v) is 7.47.